The Morgan fingerprint density at radius 3 is 2.32 bits per heavy atom. The van der Waals surface area contributed by atoms with Crippen molar-refractivity contribution >= 4 is 51.2 Å². The summed E-state index contributed by atoms with van der Waals surface area (Å²) in [6.07, 6.45) is 1.38. The van der Waals surface area contributed by atoms with Crippen molar-refractivity contribution in [3.63, 3.8) is 0 Å². The molecule has 3 aromatic carbocycles. The first-order valence-electron chi connectivity index (χ1n) is 16.8. The molecule has 5 rings (SSSR count). The number of Topliss-reactive ketones (excluding diaryl/α,β-unsaturated/α-hetero) is 1. The number of ether oxygens (including phenoxy) is 1. The molecule has 1 aliphatic heterocycles. The third kappa shape index (κ3) is 9.65. The average molecular weight is 698 g/mol. The molecule has 262 valence electrons. The van der Waals surface area contributed by atoms with Crippen molar-refractivity contribution in [3.8, 4) is 0 Å². The van der Waals surface area contributed by atoms with Gasteiger partial charge in [0.15, 0.2) is 11.0 Å². The lowest BCUT2D eigenvalue weighted by Crippen LogP contribution is -2.56. The van der Waals surface area contributed by atoms with E-state index < -0.39 is 30.1 Å². The maximum absolute atomic E-state index is 14.2. The molecule has 4 atom stereocenters. The minimum atomic E-state index is -0.947. The first kappa shape index (κ1) is 36.0. The van der Waals surface area contributed by atoms with Crippen LogP contribution in [0.5, 0.6) is 0 Å². The van der Waals surface area contributed by atoms with Crippen LogP contribution in [0.2, 0.25) is 0 Å². The summed E-state index contributed by atoms with van der Waals surface area (Å²) in [6.45, 7) is 2.61. The van der Waals surface area contributed by atoms with Gasteiger partial charge in [-0.2, -0.15) is 0 Å². The number of carbonyl (C=O) groups is 4. The summed E-state index contributed by atoms with van der Waals surface area (Å²) in [5.74, 6) is -1.54. The van der Waals surface area contributed by atoms with Crippen molar-refractivity contribution in [2.24, 2.45) is 11.7 Å². The molecule has 1 aromatic heterocycles. The summed E-state index contributed by atoms with van der Waals surface area (Å²) in [6, 6.07) is 23.6. The van der Waals surface area contributed by atoms with E-state index in [4.69, 9.17) is 15.9 Å². The molecule has 0 spiro atoms. The molecule has 0 saturated carbocycles. The highest BCUT2D eigenvalue weighted by molar-refractivity contribution is 7.20. The van der Waals surface area contributed by atoms with Gasteiger partial charge in [0, 0.05) is 13.1 Å². The van der Waals surface area contributed by atoms with Crippen LogP contribution in [-0.2, 0) is 27.4 Å². The Morgan fingerprint density at radius 2 is 1.62 bits per heavy atom. The lowest BCUT2D eigenvalue weighted by molar-refractivity contribution is -0.141. The number of ketones is 1. The van der Waals surface area contributed by atoms with Gasteiger partial charge in [0.25, 0.3) is 0 Å². The summed E-state index contributed by atoms with van der Waals surface area (Å²) >= 11 is 1.26. The van der Waals surface area contributed by atoms with E-state index >= 15 is 0 Å². The van der Waals surface area contributed by atoms with Gasteiger partial charge in [-0.3, -0.25) is 19.8 Å². The smallest absolute Gasteiger partial charge is 0.408 e. The Morgan fingerprint density at radius 1 is 0.940 bits per heavy atom. The number of nitrogens with two attached hydrogens (primary N) is 1. The zero-order chi connectivity index (χ0) is 35.5. The van der Waals surface area contributed by atoms with E-state index in [0.717, 1.165) is 15.8 Å². The molecule has 1 aliphatic rings. The predicted octanol–water partition coefficient (Wildman–Crippen LogP) is 4.39. The van der Waals surface area contributed by atoms with Gasteiger partial charge in [0.2, 0.25) is 17.6 Å². The average Bonchev–Trinajstić information content (AvgIpc) is 3.74. The zero-order valence-corrected chi connectivity index (χ0v) is 28.8. The first-order valence-corrected chi connectivity index (χ1v) is 17.6. The van der Waals surface area contributed by atoms with E-state index in [1.807, 2.05) is 91.9 Å². The predicted molar refractivity (Wildman–Crippen MR) is 193 cm³/mol. The minimum Gasteiger partial charge on any atom is -0.445 e. The van der Waals surface area contributed by atoms with Crippen molar-refractivity contribution in [3.05, 3.63) is 101 Å². The fourth-order valence-corrected chi connectivity index (χ4v) is 7.06. The molecule has 3 amide bonds. The van der Waals surface area contributed by atoms with Gasteiger partial charge in [-0.25, -0.2) is 9.78 Å². The van der Waals surface area contributed by atoms with E-state index in [9.17, 15) is 19.2 Å². The second kappa shape index (κ2) is 17.4. The van der Waals surface area contributed by atoms with Crippen LogP contribution in [0.25, 0.3) is 10.2 Å². The van der Waals surface area contributed by atoms with Gasteiger partial charge < -0.3 is 31.3 Å². The van der Waals surface area contributed by atoms with Crippen LogP contribution in [0.4, 0.5) is 4.79 Å². The molecule has 0 aliphatic carbocycles. The molecule has 6 N–H and O–H groups in total. The number of nitrogens with zero attached hydrogens (tertiary/aromatic N) is 2. The number of nitrogens with one attached hydrogen (secondary N) is 4. The van der Waals surface area contributed by atoms with Crippen molar-refractivity contribution in [1.82, 2.24) is 25.8 Å². The molecule has 1 saturated heterocycles. The molecular weight excluding hydrogens is 655 g/mol. The zero-order valence-electron chi connectivity index (χ0n) is 28.0. The van der Waals surface area contributed by atoms with Crippen molar-refractivity contribution in [1.29, 1.82) is 5.41 Å². The minimum absolute atomic E-state index is 0.0457. The molecule has 0 radical (unpaired) electrons. The lowest BCUT2D eigenvalue weighted by Gasteiger charge is -2.31. The SMILES string of the molecule is C[C@H]1CCN(C(=O)[C@@H](CCc2ccccc2)NC(=O)OCc2ccccc2)[C@@H]1C(=O)N[C@@H](CCCNC(=N)N)C(=O)c1nc2ccccc2s1. The van der Waals surface area contributed by atoms with Crippen LogP contribution in [0.3, 0.4) is 0 Å². The number of fused-ring (bicyclic) bond motifs is 1. The fourth-order valence-electron chi connectivity index (χ4n) is 6.10. The number of thiazole rings is 1. The highest BCUT2D eigenvalue weighted by Gasteiger charge is 2.43. The lowest BCUT2D eigenvalue weighted by atomic mass is 9.99. The summed E-state index contributed by atoms with van der Waals surface area (Å²) < 4.78 is 6.31. The van der Waals surface area contributed by atoms with Crippen molar-refractivity contribution in [2.45, 2.75) is 63.8 Å². The highest BCUT2D eigenvalue weighted by atomic mass is 32.1. The molecule has 2 heterocycles. The highest BCUT2D eigenvalue weighted by Crippen LogP contribution is 2.27. The van der Waals surface area contributed by atoms with E-state index in [-0.39, 0.29) is 41.6 Å². The Hall–Kier alpha value is -5.30. The molecule has 50 heavy (non-hydrogen) atoms. The van der Waals surface area contributed by atoms with Crippen LogP contribution in [0, 0.1) is 11.3 Å². The third-order valence-corrected chi connectivity index (χ3v) is 9.79. The number of para-hydroxylation sites is 1. The van der Waals surface area contributed by atoms with Crippen LogP contribution in [0.15, 0.2) is 84.9 Å². The molecule has 1 fully saturated rings. The molecule has 12 nitrogen and oxygen atoms in total. The van der Waals surface area contributed by atoms with Gasteiger partial charge in [-0.15, -0.1) is 11.3 Å². The second-order valence-electron chi connectivity index (χ2n) is 12.4. The topological polar surface area (TPSA) is 180 Å². The Balaban J connectivity index is 1.32. The van der Waals surface area contributed by atoms with Gasteiger partial charge in [0.05, 0.1) is 16.3 Å². The summed E-state index contributed by atoms with van der Waals surface area (Å²) in [4.78, 5) is 61.1. The molecule has 4 aromatic rings. The largest absolute Gasteiger partial charge is 0.445 e. The normalized spacial score (nSPS) is 16.7. The Bertz CT molecular complexity index is 1750. The van der Waals surface area contributed by atoms with E-state index in [2.05, 4.69) is 20.9 Å². The summed E-state index contributed by atoms with van der Waals surface area (Å²) in [5, 5.41) is 16.2. The first-order chi connectivity index (χ1) is 24.2. The van der Waals surface area contributed by atoms with Crippen LogP contribution in [-0.4, -0.2) is 70.7 Å². The van der Waals surface area contributed by atoms with Crippen molar-refractivity contribution < 1.29 is 23.9 Å². The third-order valence-electron chi connectivity index (χ3n) is 8.74. The quantitative estimate of drug-likeness (QED) is 0.0525. The maximum Gasteiger partial charge on any atom is 0.408 e. The number of guanidine groups is 1. The van der Waals surface area contributed by atoms with Gasteiger partial charge >= 0.3 is 6.09 Å². The van der Waals surface area contributed by atoms with Crippen LogP contribution in [0.1, 0.15) is 53.5 Å². The second-order valence-corrected chi connectivity index (χ2v) is 13.5. The van der Waals surface area contributed by atoms with E-state index in [0.29, 0.717) is 44.3 Å². The summed E-state index contributed by atoms with van der Waals surface area (Å²) in [7, 11) is 0. The van der Waals surface area contributed by atoms with Gasteiger partial charge in [0.1, 0.15) is 18.7 Å². The molecular formula is C37H43N7O5S. The fraction of sp³-hybridized carbons (Fsp3) is 0.351. The van der Waals surface area contributed by atoms with Gasteiger partial charge in [-0.1, -0.05) is 79.7 Å². The Labute approximate surface area is 295 Å². The van der Waals surface area contributed by atoms with Crippen LogP contribution < -0.4 is 21.7 Å². The molecule has 13 heteroatoms. The number of likely N-dealkylation sites (tertiary alicyclic amines) is 1. The monoisotopic (exact) mass is 697 g/mol. The number of hydrogen-bond acceptors (Lipinski definition) is 8. The number of hydrogen-bond donors (Lipinski definition) is 5. The number of alkyl carbamates (subject to hydrolysis) is 1. The number of amides is 3. The number of benzene rings is 3. The number of aromatic nitrogens is 1. The van der Waals surface area contributed by atoms with Crippen LogP contribution >= 0.6 is 11.3 Å². The van der Waals surface area contributed by atoms with E-state index in [1.54, 1.807) is 0 Å². The summed E-state index contributed by atoms with van der Waals surface area (Å²) in [5.41, 5.74) is 7.95. The Kier molecular flexibility index (Phi) is 12.5. The standard InChI is InChI=1S/C37H43N7O5S/c1-24-20-22-44(35(47)29(19-18-25-11-4-2-5-12-25)43-37(48)49-23-26-13-6-3-7-14-26)31(24)33(46)41-28(16-10-21-40-36(38)39)32(45)34-42-27-15-8-9-17-30(27)50-34/h2-9,11-15,17,24,28-29,31H,10,16,18-23H2,1H3,(H,41,46)(H,43,48)(H4,38,39,40)/t24-,28-,29+,31-/m0/s1. The maximum atomic E-state index is 14.2. The number of rotatable bonds is 15. The number of aryl methyl sites for hydroxylation is 1. The number of carbonyl (C=O) groups excluding carboxylic acids is 4. The van der Waals surface area contributed by atoms with Gasteiger partial charge in [-0.05, 0) is 61.3 Å². The van der Waals surface area contributed by atoms with E-state index in [1.165, 1.54) is 16.2 Å². The molecule has 0 unspecified atom stereocenters. The molecule has 0 bridgehead atoms. The van der Waals surface area contributed by atoms with Crippen molar-refractivity contribution in [2.75, 3.05) is 13.1 Å².